The van der Waals surface area contributed by atoms with E-state index in [2.05, 4.69) is 20.3 Å². The van der Waals surface area contributed by atoms with E-state index in [0.717, 1.165) is 23.2 Å². The molecule has 6 nitrogen and oxygen atoms in total. The predicted octanol–water partition coefficient (Wildman–Crippen LogP) is 1.26. The topological polar surface area (TPSA) is 75.6 Å². The molecular weight excluding hydrogens is 242 g/mol. The van der Waals surface area contributed by atoms with Crippen LogP contribution in [0, 0.1) is 11.8 Å². The van der Waals surface area contributed by atoms with E-state index in [1.54, 1.807) is 7.05 Å². The number of anilines is 1. The van der Waals surface area contributed by atoms with E-state index in [9.17, 15) is 4.79 Å². The molecule has 2 heterocycles. The Kier molecular flexibility index (Phi) is 2.22. The van der Waals surface area contributed by atoms with Gasteiger partial charge >= 0.3 is 5.69 Å². The Balaban J connectivity index is 1.71. The second-order valence-corrected chi connectivity index (χ2v) is 5.84. The number of nitrogens with one attached hydrogen (secondary N) is 2. The lowest BCUT2D eigenvalue weighted by molar-refractivity contribution is 0.439. The fourth-order valence-corrected chi connectivity index (χ4v) is 3.74. The van der Waals surface area contributed by atoms with Crippen LogP contribution in [-0.4, -0.2) is 25.6 Å². The number of fused-ring (bicyclic) bond motifs is 3. The molecule has 2 aliphatic carbocycles. The van der Waals surface area contributed by atoms with E-state index in [0.29, 0.717) is 11.7 Å². The van der Waals surface area contributed by atoms with Gasteiger partial charge in [0.05, 0.1) is 0 Å². The van der Waals surface area contributed by atoms with Gasteiger partial charge in [0, 0.05) is 13.1 Å². The van der Waals surface area contributed by atoms with Crippen molar-refractivity contribution < 1.29 is 0 Å². The largest absolute Gasteiger partial charge is 0.365 e. The number of imidazole rings is 1. The van der Waals surface area contributed by atoms with Crippen molar-refractivity contribution in [3.63, 3.8) is 0 Å². The first-order valence-corrected chi connectivity index (χ1v) is 6.88. The van der Waals surface area contributed by atoms with E-state index in [4.69, 9.17) is 0 Å². The molecule has 2 fully saturated rings. The van der Waals surface area contributed by atoms with E-state index in [1.165, 1.54) is 36.6 Å². The molecule has 0 aliphatic heterocycles. The van der Waals surface area contributed by atoms with Crippen LogP contribution in [-0.2, 0) is 7.05 Å². The Morgan fingerprint density at radius 3 is 3.00 bits per heavy atom. The molecule has 0 aromatic carbocycles. The van der Waals surface area contributed by atoms with Crippen LogP contribution in [0.3, 0.4) is 0 Å². The minimum Gasteiger partial charge on any atom is -0.365 e. The van der Waals surface area contributed by atoms with Crippen LogP contribution in [0.1, 0.15) is 25.7 Å². The van der Waals surface area contributed by atoms with Crippen molar-refractivity contribution in [2.45, 2.75) is 31.7 Å². The lowest BCUT2D eigenvalue weighted by Crippen LogP contribution is -2.26. The molecule has 2 saturated carbocycles. The van der Waals surface area contributed by atoms with E-state index in [-0.39, 0.29) is 5.69 Å². The summed E-state index contributed by atoms with van der Waals surface area (Å²) < 4.78 is 1.52. The number of nitrogens with zero attached hydrogens (tertiary/aromatic N) is 3. The highest BCUT2D eigenvalue weighted by Crippen LogP contribution is 2.45. The number of aryl methyl sites for hydroxylation is 1. The molecule has 19 heavy (non-hydrogen) atoms. The summed E-state index contributed by atoms with van der Waals surface area (Å²) in [5, 5.41) is 3.52. The molecule has 0 radical (unpaired) electrons. The van der Waals surface area contributed by atoms with Crippen molar-refractivity contribution in [1.29, 1.82) is 0 Å². The highest BCUT2D eigenvalue weighted by molar-refractivity contribution is 5.82. The zero-order valence-electron chi connectivity index (χ0n) is 10.9. The monoisotopic (exact) mass is 259 g/mol. The molecule has 0 unspecified atom stereocenters. The van der Waals surface area contributed by atoms with Crippen molar-refractivity contribution in [2.75, 3.05) is 5.32 Å². The lowest BCUT2D eigenvalue weighted by Gasteiger charge is -2.23. The molecule has 100 valence electrons. The van der Waals surface area contributed by atoms with E-state index >= 15 is 0 Å². The molecule has 2 bridgehead atoms. The van der Waals surface area contributed by atoms with Gasteiger partial charge in [-0.1, -0.05) is 6.42 Å². The Labute approximate surface area is 110 Å². The second kappa shape index (κ2) is 3.82. The van der Waals surface area contributed by atoms with Gasteiger partial charge in [-0.15, -0.1) is 0 Å². The van der Waals surface area contributed by atoms with Crippen LogP contribution in [0.15, 0.2) is 11.1 Å². The highest BCUT2D eigenvalue weighted by Gasteiger charge is 2.39. The first-order chi connectivity index (χ1) is 9.22. The molecule has 0 amide bonds. The second-order valence-electron chi connectivity index (χ2n) is 5.84. The fraction of sp³-hybridized carbons (Fsp3) is 0.615. The number of hydrogen-bond donors (Lipinski definition) is 2. The van der Waals surface area contributed by atoms with Gasteiger partial charge in [0.25, 0.3) is 0 Å². The predicted molar refractivity (Wildman–Crippen MR) is 72.0 cm³/mol. The SMILES string of the molecule is Cn1c(=O)[nH]c2c(N[C@H]3C[C@H]4CC[C@@H]3C4)ncnc21. The van der Waals surface area contributed by atoms with Crippen molar-refractivity contribution in [3.05, 3.63) is 16.8 Å². The van der Waals surface area contributed by atoms with Crippen LogP contribution in [0.25, 0.3) is 11.2 Å². The van der Waals surface area contributed by atoms with Gasteiger partial charge < -0.3 is 10.3 Å². The standard InChI is InChI=1S/C13H17N5O/c1-18-12-10(17-13(18)19)11(14-6-15-12)16-9-5-7-2-3-8(9)4-7/h6-9H,2-5H2,1H3,(H,17,19)(H,14,15,16)/t7-,8+,9-/m0/s1. The summed E-state index contributed by atoms with van der Waals surface area (Å²) >= 11 is 0. The molecule has 2 aliphatic rings. The summed E-state index contributed by atoms with van der Waals surface area (Å²) in [5.41, 5.74) is 1.23. The Bertz CT molecular complexity index is 688. The van der Waals surface area contributed by atoms with Crippen LogP contribution >= 0.6 is 0 Å². The van der Waals surface area contributed by atoms with Crippen molar-refractivity contribution >= 4 is 17.0 Å². The molecule has 0 spiro atoms. The maximum atomic E-state index is 11.7. The normalized spacial score (nSPS) is 29.2. The number of aromatic nitrogens is 4. The number of rotatable bonds is 2. The van der Waals surface area contributed by atoms with Gasteiger partial charge in [0.1, 0.15) is 11.8 Å². The maximum absolute atomic E-state index is 11.7. The van der Waals surface area contributed by atoms with E-state index < -0.39 is 0 Å². The molecule has 2 aromatic heterocycles. The van der Waals surface area contributed by atoms with E-state index in [1.807, 2.05) is 0 Å². The van der Waals surface area contributed by atoms with Crippen LogP contribution in [0.2, 0.25) is 0 Å². The Hall–Kier alpha value is -1.85. The molecule has 2 N–H and O–H groups in total. The Morgan fingerprint density at radius 1 is 1.37 bits per heavy atom. The zero-order chi connectivity index (χ0) is 13.0. The van der Waals surface area contributed by atoms with Gasteiger partial charge in [0.15, 0.2) is 11.5 Å². The molecule has 3 atom stereocenters. The van der Waals surface area contributed by atoms with Crippen molar-refractivity contribution in [3.8, 4) is 0 Å². The summed E-state index contributed by atoms with van der Waals surface area (Å²) in [5.74, 6) is 2.42. The molecule has 2 aromatic rings. The number of hydrogen-bond acceptors (Lipinski definition) is 4. The minimum atomic E-state index is -0.147. The highest BCUT2D eigenvalue weighted by atomic mass is 16.1. The summed E-state index contributed by atoms with van der Waals surface area (Å²) in [6.45, 7) is 0. The van der Waals surface area contributed by atoms with Gasteiger partial charge in [-0.05, 0) is 31.1 Å². The summed E-state index contributed by atoms with van der Waals surface area (Å²) in [6.07, 6.45) is 6.79. The minimum absolute atomic E-state index is 0.147. The summed E-state index contributed by atoms with van der Waals surface area (Å²) in [6, 6.07) is 0.501. The Morgan fingerprint density at radius 2 is 2.26 bits per heavy atom. The molecule has 4 rings (SSSR count). The third-order valence-corrected chi connectivity index (χ3v) is 4.74. The first kappa shape index (κ1) is 11.0. The smallest absolute Gasteiger partial charge is 0.327 e. The quantitative estimate of drug-likeness (QED) is 0.851. The summed E-state index contributed by atoms with van der Waals surface area (Å²) in [4.78, 5) is 23.0. The van der Waals surface area contributed by atoms with Crippen LogP contribution in [0.5, 0.6) is 0 Å². The van der Waals surface area contributed by atoms with Gasteiger partial charge in [0.2, 0.25) is 0 Å². The molecule has 0 saturated heterocycles. The van der Waals surface area contributed by atoms with Gasteiger partial charge in [-0.25, -0.2) is 14.8 Å². The van der Waals surface area contributed by atoms with Crippen molar-refractivity contribution in [1.82, 2.24) is 19.5 Å². The number of aromatic amines is 1. The summed E-state index contributed by atoms with van der Waals surface area (Å²) in [7, 11) is 1.72. The third kappa shape index (κ3) is 1.59. The third-order valence-electron chi connectivity index (χ3n) is 4.74. The van der Waals surface area contributed by atoms with Crippen LogP contribution < -0.4 is 11.0 Å². The van der Waals surface area contributed by atoms with Crippen LogP contribution in [0.4, 0.5) is 5.82 Å². The first-order valence-electron chi connectivity index (χ1n) is 6.88. The molecule has 6 heteroatoms. The average Bonchev–Trinajstić information content (AvgIpc) is 3.08. The zero-order valence-corrected chi connectivity index (χ0v) is 10.9. The molecular formula is C13H17N5O. The number of H-pyrrole nitrogens is 1. The fourth-order valence-electron chi connectivity index (χ4n) is 3.74. The average molecular weight is 259 g/mol. The van der Waals surface area contributed by atoms with Crippen molar-refractivity contribution in [2.24, 2.45) is 18.9 Å². The van der Waals surface area contributed by atoms with Gasteiger partial charge in [-0.3, -0.25) is 4.57 Å². The maximum Gasteiger partial charge on any atom is 0.327 e. The lowest BCUT2D eigenvalue weighted by atomic mass is 9.95. The van der Waals surface area contributed by atoms with Gasteiger partial charge in [-0.2, -0.15) is 0 Å².